The summed E-state index contributed by atoms with van der Waals surface area (Å²) in [6, 6.07) is 2.46. The van der Waals surface area contributed by atoms with Crippen LogP contribution in [0.3, 0.4) is 0 Å². The number of halogens is 1. The van der Waals surface area contributed by atoms with Crippen molar-refractivity contribution in [2.75, 3.05) is 19.6 Å². The Labute approximate surface area is 116 Å². The molecule has 0 spiro atoms. The van der Waals surface area contributed by atoms with Crippen molar-refractivity contribution in [1.82, 2.24) is 10.0 Å². The van der Waals surface area contributed by atoms with Gasteiger partial charge in [-0.3, -0.25) is 10.1 Å². The minimum absolute atomic E-state index is 0.146. The lowest BCUT2D eigenvalue weighted by atomic mass is 10.3. The van der Waals surface area contributed by atoms with Crippen LogP contribution in [0.15, 0.2) is 23.1 Å². The summed E-state index contributed by atoms with van der Waals surface area (Å²) in [5.41, 5.74) is -0.864. The number of benzene rings is 1. The summed E-state index contributed by atoms with van der Waals surface area (Å²) in [5.74, 6) is -1.07. The maximum Gasteiger partial charge on any atom is 0.306 e. The molecule has 0 saturated heterocycles. The van der Waals surface area contributed by atoms with E-state index in [9.17, 15) is 22.9 Å². The first-order chi connectivity index (χ1) is 9.38. The second-order valence-electron chi connectivity index (χ2n) is 4.02. The highest BCUT2D eigenvalue weighted by Gasteiger charge is 2.20. The summed E-state index contributed by atoms with van der Waals surface area (Å²) >= 11 is 0. The lowest BCUT2D eigenvalue weighted by molar-refractivity contribution is -0.387. The number of hydrogen-bond acceptors (Lipinski definition) is 5. The zero-order chi connectivity index (χ0) is 15.2. The Kier molecular flexibility index (Phi) is 5.99. The fourth-order valence-corrected chi connectivity index (χ4v) is 2.51. The number of hydrogen-bond donors (Lipinski definition) is 2. The predicted molar refractivity (Wildman–Crippen MR) is 71.4 cm³/mol. The number of nitro benzene ring substituents is 1. The number of nitro groups is 1. The minimum atomic E-state index is -3.88. The number of nitrogens with one attached hydrogen (secondary N) is 2. The maximum atomic E-state index is 13.1. The van der Waals surface area contributed by atoms with Gasteiger partial charge in [0.25, 0.3) is 0 Å². The van der Waals surface area contributed by atoms with Crippen molar-refractivity contribution in [3.05, 3.63) is 34.1 Å². The maximum absolute atomic E-state index is 13.1. The van der Waals surface area contributed by atoms with Crippen molar-refractivity contribution in [1.29, 1.82) is 0 Å². The van der Waals surface area contributed by atoms with Gasteiger partial charge < -0.3 is 5.32 Å². The Hall–Kier alpha value is -1.58. The van der Waals surface area contributed by atoms with Gasteiger partial charge in [-0.25, -0.2) is 13.1 Å². The molecule has 0 aliphatic carbocycles. The van der Waals surface area contributed by atoms with Gasteiger partial charge in [0, 0.05) is 19.2 Å². The zero-order valence-corrected chi connectivity index (χ0v) is 11.7. The molecule has 0 aromatic heterocycles. The first kappa shape index (κ1) is 16.5. The van der Waals surface area contributed by atoms with Crippen molar-refractivity contribution in [3.8, 4) is 0 Å². The molecule has 0 saturated carbocycles. The Bertz CT molecular complexity index is 577. The molecular weight excluding hydrogens is 289 g/mol. The van der Waals surface area contributed by atoms with Gasteiger partial charge in [0.15, 0.2) is 0 Å². The van der Waals surface area contributed by atoms with Crippen LogP contribution in [-0.2, 0) is 10.0 Å². The van der Waals surface area contributed by atoms with Crippen LogP contribution < -0.4 is 10.0 Å². The molecule has 0 radical (unpaired) electrons. The first-order valence-corrected chi connectivity index (χ1v) is 7.51. The van der Waals surface area contributed by atoms with Gasteiger partial charge in [0.2, 0.25) is 15.8 Å². The summed E-state index contributed by atoms with van der Waals surface area (Å²) in [4.78, 5) is 9.28. The first-order valence-electron chi connectivity index (χ1n) is 6.03. The molecule has 0 bridgehead atoms. The van der Waals surface area contributed by atoms with Gasteiger partial charge in [0.1, 0.15) is 0 Å². The second-order valence-corrected chi connectivity index (χ2v) is 5.79. The minimum Gasteiger partial charge on any atom is -0.315 e. The number of sulfonamides is 1. The van der Waals surface area contributed by atoms with Crippen LogP contribution in [0.4, 0.5) is 10.1 Å². The van der Waals surface area contributed by atoms with Gasteiger partial charge in [-0.05, 0) is 25.1 Å². The SMILES string of the molecule is CCCNCCNS(=O)(=O)c1ccc(F)c([N+](=O)[O-])c1. The quantitative estimate of drug-likeness (QED) is 0.424. The van der Waals surface area contributed by atoms with Gasteiger partial charge in [-0.2, -0.15) is 4.39 Å². The smallest absolute Gasteiger partial charge is 0.306 e. The molecule has 0 unspecified atom stereocenters. The van der Waals surface area contributed by atoms with Crippen LogP contribution in [0.1, 0.15) is 13.3 Å². The number of nitrogens with zero attached hydrogens (tertiary/aromatic N) is 1. The largest absolute Gasteiger partial charge is 0.315 e. The van der Waals surface area contributed by atoms with Crippen molar-refractivity contribution >= 4 is 15.7 Å². The molecule has 20 heavy (non-hydrogen) atoms. The Morgan fingerprint density at radius 2 is 2.00 bits per heavy atom. The predicted octanol–water partition coefficient (Wildman–Crippen LogP) is 1.01. The molecule has 9 heteroatoms. The van der Waals surface area contributed by atoms with Crippen LogP contribution >= 0.6 is 0 Å². The third-order valence-corrected chi connectivity index (χ3v) is 3.90. The van der Waals surface area contributed by atoms with Gasteiger partial charge in [0.05, 0.1) is 9.82 Å². The molecule has 2 N–H and O–H groups in total. The summed E-state index contributed by atoms with van der Waals surface area (Å²) in [6.45, 7) is 3.34. The Balaban J connectivity index is 2.77. The highest BCUT2D eigenvalue weighted by molar-refractivity contribution is 7.89. The standard InChI is InChI=1S/C11H16FN3O4S/c1-2-5-13-6-7-14-20(18,19)9-3-4-10(12)11(8-9)15(16)17/h3-4,8,13-14H,2,5-7H2,1H3. The van der Waals surface area contributed by atoms with Gasteiger partial charge >= 0.3 is 5.69 Å². The lowest BCUT2D eigenvalue weighted by Gasteiger charge is -2.07. The summed E-state index contributed by atoms with van der Waals surface area (Å²) in [7, 11) is -3.88. The molecule has 1 rings (SSSR count). The highest BCUT2D eigenvalue weighted by atomic mass is 32.2. The van der Waals surface area contributed by atoms with Crippen LogP contribution in [-0.4, -0.2) is 33.0 Å². The molecule has 0 heterocycles. The normalized spacial score (nSPS) is 11.5. The van der Waals surface area contributed by atoms with Gasteiger partial charge in [-0.1, -0.05) is 6.92 Å². The fourth-order valence-electron chi connectivity index (χ4n) is 1.46. The van der Waals surface area contributed by atoms with Crippen LogP contribution in [0.5, 0.6) is 0 Å². The third kappa shape index (κ3) is 4.51. The topological polar surface area (TPSA) is 101 Å². The van der Waals surface area contributed by atoms with E-state index in [1.807, 2.05) is 6.92 Å². The fraction of sp³-hybridized carbons (Fsp3) is 0.455. The van der Waals surface area contributed by atoms with E-state index in [-0.39, 0.29) is 11.4 Å². The van der Waals surface area contributed by atoms with E-state index in [1.54, 1.807) is 0 Å². The summed E-state index contributed by atoms with van der Waals surface area (Å²) < 4.78 is 39.2. The molecule has 0 aliphatic heterocycles. The lowest BCUT2D eigenvalue weighted by Crippen LogP contribution is -2.32. The van der Waals surface area contributed by atoms with E-state index in [4.69, 9.17) is 0 Å². The Morgan fingerprint density at radius 3 is 2.60 bits per heavy atom. The molecule has 7 nitrogen and oxygen atoms in total. The van der Waals surface area contributed by atoms with E-state index in [0.29, 0.717) is 12.6 Å². The average Bonchev–Trinajstić information content (AvgIpc) is 2.38. The highest BCUT2D eigenvalue weighted by Crippen LogP contribution is 2.21. The van der Waals surface area contributed by atoms with Crippen LogP contribution in [0, 0.1) is 15.9 Å². The zero-order valence-electron chi connectivity index (χ0n) is 10.9. The van der Waals surface area contributed by atoms with Crippen LogP contribution in [0.2, 0.25) is 0 Å². The molecule has 0 atom stereocenters. The molecular formula is C11H16FN3O4S. The monoisotopic (exact) mass is 305 g/mol. The van der Waals surface area contributed by atoms with Crippen molar-refractivity contribution in [2.24, 2.45) is 0 Å². The van der Waals surface area contributed by atoms with Crippen molar-refractivity contribution in [2.45, 2.75) is 18.2 Å². The van der Waals surface area contributed by atoms with Crippen molar-refractivity contribution < 1.29 is 17.7 Å². The molecule has 0 fully saturated rings. The summed E-state index contributed by atoms with van der Waals surface area (Å²) in [6.07, 6.45) is 0.927. The molecule has 1 aromatic carbocycles. The van der Waals surface area contributed by atoms with E-state index >= 15 is 0 Å². The molecule has 0 amide bonds. The number of rotatable bonds is 8. The molecule has 0 aliphatic rings. The van der Waals surface area contributed by atoms with E-state index < -0.39 is 26.5 Å². The Morgan fingerprint density at radius 1 is 1.30 bits per heavy atom. The third-order valence-electron chi connectivity index (χ3n) is 2.45. The molecule has 112 valence electrons. The van der Waals surface area contributed by atoms with Crippen LogP contribution in [0.25, 0.3) is 0 Å². The average molecular weight is 305 g/mol. The van der Waals surface area contributed by atoms with E-state index in [0.717, 1.165) is 25.1 Å². The van der Waals surface area contributed by atoms with E-state index in [2.05, 4.69) is 10.0 Å². The van der Waals surface area contributed by atoms with Crippen molar-refractivity contribution in [3.63, 3.8) is 0 Å². The van der Waals surface area contributed by atoms with Gasteiger partial charge in [-0.15, -0.1) is 0 Å². The summed E-state index contributed by atoms with van der Waals surface area (Å²) in [5, 5.41) is 13.6. The molecule has 1 aromatic rings. The van der Waals surface area contributed by atoms with E-state index in [1.165, 1.54) is 0 Å². The second kappa shape index (κ2) is 7.27.